The van der Waals surface area contributed by atoms with Crippen LogP contribution in [0.4, 0.5) is 0 Å². The summed E-state index contributed by atoms with van der Waals surface area (Å²) in [7, 11) is 1.68. The van der Waals surface area contributed by atoms with Crippen molar-refractivity contribution in [1.82, 2.24) is 10.2 Å². The summed E-state index contributed by atoms with van der Waals surface area (Å²) in [6, 6.07) is 4.04. The van der Waals surface area contributed by atoms with Crippen LogP contribution in [0.25, 0.3) is 0 Å². The van der Waals surface area contributed by atoms with Crippen LogP contribution < -0.4 is 10.1 Å². The van der Waals surface area contributed by atoms with Crippen LogP contribution in [0.3, 0.4) is 0 Å². The maximum Gasteiger partial charge on any atom is 0.302 e. The number of esters is 1. The van der Waals surface area contributed by atoms with E-state index in [0.29, 0.717) is 6.61 Å². The molecular formula is C16H24N2O3. The summed E-state index contributed by atoms with van der Waals surface area (Å²) >= 11 is 0. The van der Waals surface area contributed by atoms with E-state index in [-0.39, 0.29) is 5.97 Å². The first-order valence-corrected chi connectivity index (χ1v) is 7.33. The summed E-state index contributed by atoms with van der Waals surface area (Å²) in [4.78, 5) is 13.5. The Labute approximate surface area is 126 Å². The lowest BCUT2D eigenvalue weighted by Crippen LogP contribution is -2.43. The highest BCUT2D eigenvalue weighted by Crippen LogP contribution is 2.24. The molecule has 0 atom stereocenters. The standard InChI is InChI=1S/C16H24N2O3/c1-12-8-15(20-3)9-14(16(12)11-21-13(2)19)10-18-6-4-17-5-7-18/h8-9,17H,4-7,10-11H2,1-3H3. The van der Waals surface area contributed by atoms with Crippen molar-refractivity contribution in [2.75, 3.05) is 33.3 Å². The zero-order valence-corrected chi connectivity index (χ0v) is 13.1. The predicted molar refractivity (Wildman–Crippen MR) is 81.3 cm³/mol. The Balaban J connectivity index is 2.21. The van der Waals surface area contributed by atoms with Crippen molar-refractivity contribution in [1.29, 1.82) is 0 Å². The molecule has 1 aromatic carbocycles. The zero-order chi connectivity index (χ0) is 15.2. The van der Waals surface area contributed by atoms with E-state index < -0.39 is 0 Å². The average Bonchev–Trinajstić information content (AvgIpc) is 2.47. The van der Waals surface area contributed by atoms with Gasteiger partial charge in [-0.05, 0) is 35.7 Å². The van der Waals surface area contributed by atoms with Gasteiger partial charge in [0.2, 0.25) is 0 Å². The lowest BCUT2D eigenvalue weighted by Gasteiger charge is -2.28. The van der Waals surface area contributed by atoms with E-state index in [2.05, 4.69) is 10.2 Å². The summed E-state index contributed by atoms with van der Waals surface area (Å²) in [5.74, 6) is 0.600. The molecule has 1 aliphatic heterocycles. The Morgan fingerprint density at radius 1 is 1.33 bits per heavy atom. The molecule has 1 fully saturated rings. The lowest BCUT2D eigenvalue weighted by molar-refractivity contribution is -0.142. The maximum atomic E-state index is 11.1. The van der Waals surface area contributed by atoms with E-state index in [0.717, 1.165) is 49.6 Å². The van der Waals surface area contributed by atoms with Crippen molar-refractivity contribution >= 4 is 5.97 Å². The molecule has 1 heterocycles. The van der Waals surface area contributed by atoms with Crippen molar-refractivity contribution in [2.45, 2.75) is 27.0 Å². The van der Waals surface area contributed by atoms with Crippen LogP contribution in [-0.4, -0.2) is 44.2 Å². The zero-order valence-electron chi connectivity index (χ0n) is 13.1. The molecule has 1 aliphatic rings. The monoisotopic (exact) mass is 292 g/mol. The Morgan fingerprint density at radius 2 is 2.05 bits per heavy atom. The van der Waals surface area contributed by atoms with Gasteiger partial charge in [0.1, 0.15) is 12.4 Å². The summed E-state index contributed by atoms with van der Waals surface area (Å²) in [6.07, 6.45) is 0. The molecule has 0 amide bonds. The summed E-state index contributed by atoms with van der Waals surface area (Å²) in [6.45, 7) is 8.75. The van der Waals surface area contributed by atoms with E-state index in [1.807, 2.05) is 19.1 Å². The third-order valence-electron chi connectivity index (χ3n) is 3.80. The number of ether oxygens (including phenoxy) is 2. The molecule has 5 heteroatoms. The van der Waals surface area contributed by atoms with Crippen LogP contribution in [0.1, 0.15) is 23.6 Å². The highest BCUT2D eigenvalue weighted by atomic mass is 16.5. The van der Waals surface area contributed by atoms with Crippen LogP contribution in [0.2, 0.25) is 0 Å². The van der Waals surface area contributed by atoms with E-state index in [1.54, 1.807) is 7.11 Å². The maximum absolute atomic E-state index is 11.1. The van der Waals surface area contributed by atoms with Gasteiger partial charge in [0.25, 0.3) is 0 Å². The van der Waals surface area contributed by atoms with Gasteiger partial charge in [-0.2, -0.15) is 0 Å². The van der Waals surface area contributed by atoms with Gasteiger partial charge in [-0.1, -0.05) is 0 Å². The van der Waals surface area contributed by atoms with Crippen LogP contribution in [0.5, 0.6) is 5.75 Å². The summed E-state index contributed by atoms with van der Waals surface area (Å²) < 4.78 is 10.6. The van der Waals surface area contributed by atoms with Gasteiger partial charge in [-0.3, -0.25) is 9.69 Å². The van der Waals surface area contributed by atoms with Crippen molar-refractivity contribution in [3.63, 3.8) is 0 Å². The number of carbonyl (C=O) groups excluding carboxylic acids is 1. The largest absolute Gasteiger partial charge is 0.497 e. The third kappa shape index (κ3) is 4.44. The molecule has 0 aliphatic carbocycles. The number of hydrogen-bond acceptors (Lipinski definition) is 5. The molecule has 0 unspecified atom stereocenters. The fourth-order valence-corrected chi connectivity index (χ4v) is 2.60. The van der Waals surface area contributed by atoms with E-state index in [1.165, 1.54) is 12.5 Å². The van der Waals surface area contributed by atoms with Crippen LogP contribution >= 0.6 is 0 Å². The van der Waals surface area contributed by atoms with Crippen LogP contribution in [0, 0.1) is 6.92 Å². The number of carbonyl (C=O) groups is 1. The second-order valence-corrected chi connectivity index (χ2v) is 5.39. The van der Waals surface area contributed by atoms with Crippen molar-refractivity contribution in [2.24, 2.45) is 0 Å². The van der Waals surface area contributed by atoms with Gasteiger partial charge in [0, 0.05) is 39.6 Å². The summed E-state index contributed by atoms with van der Waals surface area (Å²) in [5.41, 5.74) is 3.36. The number of rotatable bonds is 5. The highest BCUT2D eigenvalue weighted by molar-refractivity contribution is 5.66. The first-order chi connectivity index (χ1) is 10.1. The van der Waals surface area contributed by atoms with E-state index in [9.17, 15) is 4.79 Å². The quantitative estimate of drug-likeness (QED) is 0.833. The van der Waals surface area contributed by atoms with Gasteiger partial charge in [-0.25, -0.2) is 0 Å². The molecule has 0 saturated carbocycles. The lowest BCUT2D eigenvalue weighted by atomic mass is 10.0. The first-order valence-electron chi connectivity index (χ1n) is 7.33. The number of hydrogen-bond donors (Lipinski definition) is 1. The number of nitrogens with one attached hydrogen (secondary N) is 1. The minimum Gasteiger partial charge on any atom is -0.497 e. The minimum atomic E-state index is -0.252. The van der Waals surface area contributed by atoms with Gasteiger partial charge >= 0.3 is 5.97 Å². The van der Waals surface area contributed by atoms with Gasteiger partial charge in [0.15, 0.2) is 0 Å². The van der Waals surface area contributed by atoms with E-state index in [4.69, 9.17) is 9.47 Å². The first kappa shape index (κ1) is 15.8. The Hall–Kier alpha value is -1.59. The van der Waals surface area contributed by atoms with Crippen molar-refractivity contribution in [3.05, 3.63) is 28.8 Å². The Morgan fingerprint density at radius 3 is 2.67 bits per heavy atom. The molecule has 0 aromatic heterocycles. The molecule has 0 bridgehead atoms. The molecule has 0 spiro atoms. The second-order valence-electron chi connectivity index (χ2n) is 5.39. The summed E-state index contributed by atoms with van der Waals surface area (Å²) in [5, 5.41) is 3.35. The van der Waals surface area contributed by atoms with Gasteiger partial charge in [-0.15, -0.1) is 0 Å². The molecule has 1 N–H and O–H groups in total. The molecule has 5 nitrogen and oxygen atoms in total. The highest BCUT2D eigenvalue weighted by Gasteiger charge is 2.15. The second kappa shape index (κ2) is 7.43. The molecule has 21 heavy (non-hydrogen) atoms. The van der Waals surface area contributed by atoms with Crippen LogP contribution in [0.15, 0.2) is 12.1 Å². The van der Waals surface area contributed by atoms with Crippen molar-refractivity contribution in [3.8, 4) is 5.75 Å². The molecule has 1 aromatic rings. The molecule has 2 rings (SSSR count). The smallest absolute Gasteiger partial charge is 0.302 e. The minimum absolute atomic E-state index is 0.252. The number of aryl methyl sites for hydroxylation is 1. The number of benzene rings is 1. The topological polar surface area (TPSA) is 50.8 Å². The fraction of sp³-hybridized carbons (Fsp3) is 0.562. The van der Waals surface area contributed by atoms with Gasteiger partial charge < -0.3 is 14.8 Å². The number of piperazine rings is 1. The molecule has 116 valence electrons. The fourth-order valence-electron chi connectivity index (χ4n) is 2.60. The number of nitrogens with zero attached hydrogens (tertiary/aromatic N) is 1. The average molecular weight is 292 g/mol. The normalized spacial score (nSPS) is 15.8. The molecule has 0 radical (unpaired) electrons. The Kier molecular flexibility index (Phi) is 5.59. The number of methoxy groups -OCH3 is 1. The molecule has 1 saturated heterocycles. The Bertz CT molecular complexity index is 497. The third-order valence-corrected chi connectivity index (χ3v) is 3.80. The SMILES string of the molecule is COc1cc(C)c(COC(C)=O)c(CN2CCNCC2)c1. The predicted octanol–water partition coefficient (Wildman–Crippen LogP) is 1.47. The van der Waals surface area contributed by atoms with Gasteiger partial charge in [0.05, 0.1) is 7.11 Å². The van der Waals surface area contributed by atoms with Crippen LogP contribution in [-0.2, 0) is 22.7 Å². The van der Waals surface area contributed by atoms with Crippen molar-refractivity contribution < 1.29 is 14.3 Å². The molecular weight excluding hydrogens is 268 g/mol. The van der Waals surface area contributed by atoms with E-state index >= 15 is 0 Å².